The summed E-state index contributed by atoms with van der Waals surface area (Å²) in [6, 6.07) is 22.8. The molecule has 0 aliphatic heterocycles. The van der Waals surface area contributed by atoms with Crippen molar-refractivity contribution in [1.29, 1.82) is 0 Å². The molecular formula is C31H31Cl3FN2O2+. The average Bonchev–Trinajstić information content (AvgIpc) is 2.89. The van der Waals surface area contributed by atoms with E-state index < -0.39 is 0 Å². The summed E-state index contributed by atoms with van der Waals surface area (Å²) < 4.78 is 27.3. The zero-order chi connectivity index (χ0) is 28.3. The minimum absolute atomic E-state index is 0.192. The zero-order valence-corrected chi connectivity index (χ0v) is 24.8. The van der Waals surface area contributed by atoms with Crippen molar-refractivity contribution in [2.45, 2.75) is 26.4 Å². The van der Waals surface area contributed by atoms with Crippen LogP contribution in [0.15, 0.2) is 78.9 Å². The van der Waals surface area contributed by atoms with Gasteiger partial charge in [0.2, 0.25) is 0 Å². The van der Waals surface area contributed by atoms with Crippen LogP contribution in [0.5, 0.6) is 23.0 Å². The van der Waals surface area contributed by atoms with E-state index in [0.717, 1.165) is 22.4 Å². The van der Waals surface area contributed by atoms with Gasteiger partial charge in [-0.3, -0.25) is 0 Å². The van der Waals surface area contributed by atoms with E-state index >= 15 is 0 Å². The highest BCUT2D eigenvalue weighted by Gasteiger charge is 2.31. The summed E-state index contributed by atoms with van der Waals surface area (Å²) in [6.07, 6.45) is 0. The molecule has 0 saturated carbocycles. The number of benzene rings is 4. The highest BCUT2D eigenvalue weighted by molar-refractivity contribution is 6.42. The van der Waals surface area contributed by atoms with E-state index in [1.807, 2.05) is 33.0 Å². The zero-order valence-electron chi connectivity index (χ0n) is 22.5. The number of rotatable bonds is 9. The van der Waals surface area contributed by atoms with E-state index in [0.29, 0.717) is 43.5 Å². The van der Waals surface area contributed by atoms with Gasteiger partial charge in [0.1, 0.15) is 35.4 Å². The Labute approximate surface area is 244 Å². The number of nitrogens with zero attached hydrogens (tertiary/aromatic N) is 2. The Balaban J connectivity index is 1.59. The summed E-state index contributed by atoms with van der Waals surface area (Å²) >= 11 is 18.3. The fraction of sp³-hybridized carbons (Fsp3) is 0.226. The Morgan fingerprint density at radius 2 is 1.44 bits per heavy atom. The van der Waals surface area contributed by atoms with Gasteiger partial charge in [-0.15, -0.1) is 0 Å². The third kappa shape index (κ3) is 7.24. The van der Waals surface area contributed by atoms with Crippen LogP contribution >= 0.6 is 34.8 Å². The monoisotopic (exact) mass is 587 g/mol. The van der Waals surface area contributed by atoms with Gasteiger partial charge in [0.05, 0.1) is 35.7 Å². The fourth-order valence-corrected chi connectivity index (χ4v) is 4.78. The summed E-state index contributed by atoms with van der Waals surface area (Å²) in [4.78, 5) is 0. The minimum Gasteiger partial charge on any atom is -0.457 e. The molecule has 204 valence electrons. The molecule has 4 aromatic rings. The van der Waals surface area contributed by atoms with Gasteiger partial charge in [-0.05, 0) is 80.6 Å². The van der Waals surface area contributed by atoms with Crippen molar-refractivity contribution in [3.8, 4) is 23.0 Å². The Morgan fingerprint density at radius 3 is 2.13 bits per heavy atom. The first-order valence-corrected chi connectivity index (χ1v) is 13.6. The standard InChI is InChI=1S/C31H31Cl3FN2O2/c1-20-6-14-30(39-26-12-13-28(33)29(34)18-26)22(16-20)19-37(4,5)36(3)21(2)27-17-24(35)9-15-31(27)38-25-10-7-23(32)8-11-25/h6-18,21H,19H2,1-5H3/q+1. The van der Waals surface area contributed by atoms with Crippen molar-refractivity contribution >= 4 is 34.8 Å². The number of hydrogen-bond donors (Lipinski definition) is 0. The lowest BCUT2D eigenvalue weighted by Crippen LogP contribution is -2.52. The van der Waals surface area contributed by atoms with Gasteiger partial charge in [-0.25, -0.2) is 8.98 Å². The topological polar surface area (TPSA) is 21.7 Å². The van der Waals surface area contributed by atoms with Crippen molar-refractivity contribution < 1.29 is 18.5 Å². The molecule has 0 saturated heterocycles. The summed E-state index contributed by atoms with van der Waals surface area (Å²) in [7, 11) is 6.21. The smallest absolute Gasteiger partial charge is 0.136 e. The molecular weight excluding hydrogens is 558 g/mol. The van der Waals surface area contributed by atoms with Crippen LogP contribution in [0, 0.1) is 12.7 Å². The third-order valence-corrected chi connectivity index (χ3v) is 7.76. The number of hydrogen-bond acceptors (Lipinski definition) is 3. The van der Waals surface area contributed by atoms with Crippen molar-refractivity contribution in [1.82, 2.24) is 5.01 Å². The van der Waals surface area contributed by atoms with E-state index in [9.17, 15) is 4.39 Å². The van der Waals surface area contributed by atoms with Crippen LogP contribution in [0.25, 0.3) is 0 Å². The molecule has 8 heteroatoms. The van der Waals surface area contributed by atoms with E-state index in [2.05, 4.69) is 25.2 Å². The molecule has 4 rings (SSSR count). The third-order valence-electron chi connectivity index (χ3n) is 6.77. The molecule has 1 unspecified atom stereocenters. The quantitative estimate of drug-likeness (QED) is 0.143. The molecule has 0 aliphatic carbocycles. The molecule has 0 bridgehead atoms. The fourth-order valence-electron chi connectivity index (χ4n) is 4.37. The molecule has 0 N–H and O–H groups in total. The summed E-state index contributed by atoms with van der Waals surface area (Å²) in [5.74, 6) is 2.21. The number of halogens is 4. The molecule has 0 radical (unpaired) electrons. The van der Waals surface area contributed by atoms with Crippen LogP contribution in [0.2, 0.25) is 15.1 Å². The lowest BCUT2D eigenvalue weighted by atomic mass is 10.1. The maximum Gasteiger partial charge on any atom is 0.136 e. The van der Waals surface area contributed by atoms with Crippen molar-refractivity contribution in [2.24, 2.45) is 0 Å². The second kappa shape index (κ2) is 12.2. The van der Waals surface area contributed by atoms with Crippen molar-refractivity contribution in [3.05, 3.63) is 116 Å². The van der Waals surface area contributed by atoms with E-state index in [-0.39, 0.29) is 11.9 Å². The molecule has 1 atom stereocenters. The second-order valence-corrected chi connectivity index (χ2v) is 11.3. The Morgan fingerprint density at radius 1 is 0.795 bits per heavy atom. The van der Waals surface area contributed by atoms with E-state index in [1.54, 1.807) is 48.5 Å². The van der Waals surface area contributed by atoms with Gasteiger partial charge in [0.15, 0.2) is 0 Å². The SMILES string of the molecule is Cc1ccc(Oc2ccc(Cl)c(Cl)c2)c(C[N+](C)(C)N(C)C(C)c2cc(F)ccc2Oc2ccc(Cl)cc2)c1. The number of aryl methyl sites for hydroxylation is 1. The lowest BCUT2D eigenvalue weighted by molar-refractivity contribution is -1.02. The molecule has 4 nitrogen and oxygen atoms in total. The lowest BCUT2D eigenvalue weighted by Gasteiger charge is -2.41. The largest absolute Gasteiger partial charge is 0.457 e. The Hall–Kier alpha value is -2.80. The highest BCUT2D eigenvalue weighted by Crippen LogP contribution is 2.37. The summed E-state index contributed by atoms with van der Waals surface area (Å²) in [5, 5.41) is 3.68. The summed E-state index contributed by atoms with van der Waals surface area (Å²) in [6.45, 7) is 4.70. The van der Waals surface area contributed by atoms with Crippen molar-refractivity contribution in [2.75, 3.05) is 21.1 Å². The summed E-state index contributed by atoms with van der Waals surface area (Å²) in [5.41, 5.74) is 2.86. The molecule has 39 heavy (non-hydrogen) atoms. The van der Waals surface area contributed by atoms with Crippen LogP contribution in [0.4, 0.5) is 4.39 Å². The number of ether oxygens (including phenoxy) is 2. The van der Waals surface area contributed by atoms with Crippen LogP contribution < -0.4 is 9.47 Å². The minimum atomic E-state index is -0.324. The van der Waals surface area contributed by atoms with Crippen LogP contribution in [0.3, 0.4) is 0 Å². The molecule has 0 heterocycles. The van der Waals surface area contributed by atoms with Crippen LogP contribution in [0.1, 0.15) is 29.7 Å². The van der Waals surface area contributed by atoms with Crippen LogP contribution in [-0.4, -0.2) is 30.7 Å². The van der Waals surface area contributed by atoms with Crippen LogP contribution in [-0.2, 0) is 6.54 Å². The maximum atomic E-state index is 14.4. The molecule has 0 amide bonds. The normalized spacial score (nSPS) is 12.5. The maximum absolute atomic E-state index is 14.4. The van der Waals surface area contributed by atoms with Crippen molar-refractivity contribution in [3.63, 3.8) is 0 Å². The predicted octanol–water partition coefficient (Wildman–Crippen LogP) is 9.86. The first-order valence-electron chi connectivity index (χ1n) is 12.4. The van der Waals surface area contributed by atoms with Gasteiger partial charge in [0, 0.05) is 23.7 Å². The molecule has 0 aromatic heterocycles. The predicted molar refractivity (Wildman–Crippen MR) is 158 cm³/mol. The Bertz CT molecular complexity index is 1460. The van der Waals surface area contributed by atoms with Gasteiger partial charge >= 0.3 is 0 Å². The van der Waals surface area contributed by atoms with Gasteiger partial charge < -0.3 is 9.47 Å². The Kier molecular flexibility index (Phi) is 9.10. The molecule has 0 aliphatic rings. The van der Waals surface area contributed by atoms with Gasteiger partial charge in [0.25, 0.3) is 0 Å². The van der Waals surface area contributed by atoms with Gasteiger partial charge in [-0.1, -0.05) is 46.4 Å². The molecule has 0 fully saturated rings. The second-order valence-electron chi connectivity index (χ2n) is 10.1. The molecule has 0 spiro atoms. The van der Waals surface area contributed by atoms with E-state index in [1.165, 1.54) is 12.1 Å². The first-order chi connectivity index (χ1) is 18.4. The average molecular weight is 589 g/mol. The number of quaternary nitrogens is 1. The van der Waals surface area contributed by atoms with Gasteiger partial charge in [-0.2, -0.15) is 5.01 Å². The highest BCUT2D eigenvalue weighted by atomic mass is 35.5. The van der Waals surface area contributed by atoms with E-state index in [4.69, 9.17) is 44.3 Å². The molecule has 4 aromatic carbocycles. The first kappa shape index (κ1) is 29.2.